The van der Waals surface area contributed by atoms with Crippen molar-refractivity contribution in [1.29, 1.82) is 0 Å². The molecule has 1 aromatic heterocycles. The van der Waals surface area contributed by atoms with E-state index in [9.17, 15) is 0 Å². The zero-order valence-corrected chi connectivity index (χ0v) is 11.0. The van der Waals surface area contributed by atoms with Crippen LogP contribution in [-0.4, -0.2) is 17.6 Å². The van der Waals surface area contributed by atoms with Gasteiger partial charge in [-0.05, 0) is 37.3 Å². The van der Waals surface area contributed by atoms with Crippen LogP contribution in [0.1, 0.15) is 32.1 Å². The number of nitrogens with two attached hydrogens (primary N) is 1. The third-order valence-electron chi connectivity index (χ3n) is 4.66. The zero-order chi connectivity index (χ0) is 12.8. The molecule has 100 valence electrons. The highest BCUT2D eigenvalue weighted by Crippen LogP contribution is 2.39. The van der Waals surface area contributed by atoms with E-state index in [0.29, 0.717) is 6.04 Å². The first-order valence-corrected chi connectivity index (χ1v) is 7.24. The van der Waals surface area contributed by atoms with E-state index in [0.717, 1.165) is 35.3 Å². The van der Waals surface area contributed by atoms with Crippen molar-refractivity contribution in [2.75, 3.05) is 17.2 Å². The fraction of sp³-hybridized carbons (Fsp3) is 0.533. The molecule has 4 nitrogen and oxygen atoms in total. The Labute approximate surface area is 112 Å². The van der Waals surface area contributed by atoms with Gasteiger partial charge in [-0.1, -0.05) is 12.8 Å². The third-order valence-corrected chi connectivity index (χ3v) is 4.66. The van der Waals surface area contributed by atoms with Crippen molar-refractivity contribution in [3.63, 3.8) is 0 Å². The summed E-state index contributed by atoms with van der Waals surface area (Å²) in [6, 6.07) is 7.10. The highest BCUT2D eigenvalue weighted by molar-refractivity contribution is 5.78. The lowest BCUT2D eigenvalue weighted by molar-refractivity contribution is 0.336. The molecule has 1 saturated heterocycles. The normalized spacial score (nSPS) is 26.8. The maximum atomic E-state index is 5.92. The van der Waals surface area contributed by atoms with Crippen molar-refractivity contribution in [3.05, 3.63) is 18.2 Å². The fourth-order valence-corrected chi connectivity index (χ4v) is 3.70. The second-order valence-electron chi connectivity index (χ2n) is 5.82. The number of hydrogen-bond acceptors (Lipinski definition) is 4. The van der Waals surface area contributed by atoms with Gasteiger partial charge in [0.25, 0.3) is 6.01 Å². The molecule has 2 aromatic rings. The highest BCUT2D eigenvalue weighted by atomic mass is 16.4. The van der Waals surface area contributed by atoms with Crippen molar-refractivity contribution < 1.29 is 4.42 Å². The molecule has 2 unspecified atom stereocenters. The number of oxazole rings is 1. The summed E-state index contributed by atoms with van der Waals surface area (Å²) in [7, 11) is 0. The van der Waals surface area contributed by atoms with E-state index in [4.69, 9.17) is 10.2 Å². The third kappa shape index (κ3) is 1.78. The summed E-state index contributed by atoms with van der Waals surface area (Å²) in [5.74, 6) is 0.842. The van der Waals surface area contributed by atoms with Crippen molar-refractivity contribution in [2.24, 2.45) is 5.92 Å². The predicted octanol–water partition coefficient (Wildman–Crippen LogP) is 3.18. The van der Waals surface area contributed by atoms with Gasteiger partial charge in [0.15, 0.2) is 5.58 Å². The van der Waals surface area contributed by atoms with Gasteiger partial charge in [-0.3, -0.25) is 0 Å². The first kappa shape index (κ1) is 11.1. The molecule has 1 aliphatic carbocycles. The Hall–Kier alpha value is -1.71. The van der Waals surface area contributed by atoms with E-state index in [2.05, 4.69) is 9.88 Å². The molecule has 1 saturated carbocycles. The Kier molecular flexibility index (Phi) is 2.43. The van der Waals surface area contributed by atoms with Gasteiger partial charge in [0.2, 0.25) is 0 Å². The monoisotopic (exact) mass is 257 g/mol. The molecule has 1 aliphatic heterocycles. The van der Waals surface area contributed by atoms with E-state index in [1.807, 2.05) is 18.2 Å². The predicted molar refractivity (Wildman–Crippen MR) is 76.1 cm³/mol. The van der Waals surface area contributed by atoms with Crippen molar-refractivity contribution >= 4 is 22.8 Å². The first-order chi connectivity index (χ1) is 9.31. The molecule has 2 fully saturated rings. The largest absolute Gasteiger partial charge is 0.423 e. The lowest BCUT2D eigenvalue weighted by Gasteiger charge is -2.30. The average molecular weight is 257 g/mol. The molecular formula is C15H19N3O. The SMILES string of the molecule is Nc1ccc2nc(N3CCC4CCCCC43)oc2c1. The lowest BCUT2D eigenvalue weighted by atomic mass is 9.85. The summed E-state index contributed by atoms with van der Waals surface area (Å²) in [4.78, 5) is 7.01. The maximum Gasteiger partial charge on any atom is 0.298 e. The topological polar surface area (TPSA) is 55.3 Å². The molecule has 4 heteroatoms. The van der Waals surface area contributed by atoms with Crippen LogP contribution in [0.25, 0.3) is 11.1 Å². The molecule has 19 heavy (non-hydrogen) atoms. The van der Waals surface area contributed by atoms with E-state index in [1.54, 1.807) is 0 Å². The molecule has 0 radical (unpaired) electrons. The van der Waals surface area contributed by atoms with Crippen LogP contribution in [0.4, 0.5) is 11.7 Å². The molecular weight excluding hydrogens is 238 g/mol. The summed E-state index contributed by atoms with van der Waals surface area (Å²) in [6.45, 7) is 1.08. The molecule has 2 aliphatic rings. The van der Waals surface area contributed by atoms with Gasteiger partial charge in [-0.25, -0.2) is 0 Å². The number of hydrogen-bond donors (Lipinski definition) is 1. The second kappa shape index (κ2) is 4.15. The average Bonchev–Trinajstić information content (AvgIpc) is 3.00. The summed E-state index contributed by atoms with van der Waals surface area (Å²) in [5.41, 5.74) is 8.23. The van der Waals surface area contributed by atoms with E-state index in [-0.39, 0.29) is 0 Å². The van der Waals surface area contributed by atoms with Crippen molar-refractivity contribution in [2.45, 2.75) is 38.1 Å². The Morgan fingerprint density at radius 1 is 1.21 bits per heavy atom. The zero-order valence-electron chi connectivity index (χ0n) is 11.0. The highest BCUT2D eigenvalue weighted by Gasteiger charge is 2.37. The minimum Gasteiger partial charge on any atom is -0.423 e. The Morgan fingerprint density at radius 2 is 2.11 bits per heavy atom. The van der Waals surface area contributed by atoms with Crippen LogP contribution in [0.2, 0.25) is 0 Å². The second-order valence-corrected chi connectivity index (χ2v) is 5.82. The molecule has 1 aromatic carbocycles. The molecule has 0 bridgehead atoms. The smallest absolute Gasteiger partial charge is 0.298 e. The maximum absolute atomic E-state index is 5.92. The Bertz CT molecular complexity index is 606. The van der Waals surface area contributed by atoms with Gasteiger partial charge in [0, 0.05) is 24.3 Å². The van der Waals surface area contributed by atoms with Crippen LogP contribution in [0.15, 0.2) is 22.6 Å². The van der Waals surface area contributed by atoms with Gasteiger partial charge < -0.3 is 15.1 Å². The first-order valence-electron chi connectivity index (χ1n) is 7.24. The minimum atomic E-state index is 0.638. The molecule has 0 amide bonds. The summed E-state index contributed by atoms with van der Waals surface area (Å²) < 4.78 is 5.92. The molecule has 2 atom stereocenters. The molecule has 0 spiro atoms. The summed E-state index contributed by atoms with van der Waals surface area (Å²) in [6.07, 6.45) is 6.66. The standard InChI is InChI=1S/C15H19N3O/c16-11-5-6-12-14(9-11)19-15(17-12)18-8-7-10-3-1-2-4-13(10)18/h5-6,9-10,13H,1-4,7-8,16H2. The molecule has 2 N–H and O–H groups in total. The van der Waals surface area contributed by atoms with Gasteiger partial charge in [0.1, 0.15) is 5.52 Å². The number of nitrogens with zero attached hydrogens (tertiary/aromatic N) is 2. The van der Waals surface area contributed by atoms with Crippen molar-refractivity contribution in [3.8, 4) is 0 Å². The lowest BCUT2D eigenvalue weighted by Crippen LogP contribution is -2.34. The molecule has 2 heterocycles. The fourth-order valence-electron chi connectivity index (χ4n) is 3.70. The quantitative estimate of drug-likeness (QED) is 0.797. The number of anilines is 2. The minimum absolute atomic E-state index is 0.638. The Morgan fingerprint density at radius 3 is 3.05 bits per heavy atom. The van der Waals surface area contributed by atoms with Gasteiger partial charge in [-0.15, -0.1) is 0 Å². The van der Waals surface area contributed by atoms with E-state index in [1.165, 1.54) is 32.1 Å². The molecule has 4 rings (SSSR count). The Balaban J connectivity index is 1.70. The van der Waals surface area contributed by atoms with Crippen LogP contribution in [-0.2, 0) is 0 Å². The van der Waals surface area contributed by atoms with Crippen LogP contribution >= 0.6 is 0 Å². The number of aromatic nitrogens is 1. The van der Waals surface area contributed by atoms with Crippen LogP contribution in [0.5, 0.6) is 0 Å². The van der Waals surface area contributed by atoms with E-state index >= 15 is 0 Å². The van der Waals surface area contributed by atoms with E-state index < -0.39 is 0 Å². The van der Waals surface area contributed by atoms with Gasteiger partial charge in [0.05, 0.1) is 0 Å². The van der Waals surface area contributed by atoms with Gasteiger partial charge in [-0.2, -0.15) is 4.98 Å². The van der Waals surface area contributed by atoms with Crippen LogP contribution in [0, 0.1) is 5.92 Å². The summed E-state index contributed by atoms with van der Waals surface area (Å²) in [5, 5.41) is 0. The van der Waals surface area contributed by atoms with Crippen molar-refractivity contribution in [1.82, 2.24) is 4.98 Å². The number of benzene rings is 1. The summed E-state index contributed by atoms with van der Waals surface area (Å²) >= 11 is 0. The van der Waals surface area contributed by atoms with Crippen LogP contribution < -0.4 is 10.6 Å². The number of nitrogen functional groups attached to an aromatic ring is 1. The number of fused-ring (bicyclic) bond motifs is 2. The van der Waals surface area contributed by atoms with Gasteiger partial charge >= 0.3 is 0 Å². The number of rotatable bonds is 1. The van der Waals surface area contributed by atoms with Crippen LogP contribution in [0.3, 0.4) is 0 Å².